The number of anilines is 2. The maximum absolute atomic E-state index is 10.7. The number of aryl methyl sites for hydroxylation is 1. The third-order valence-electron chi connectivity index (χ3n) is 6.96. The highest BCUT2D eigenvalue weighted by molar-refractivity contribution is 7.21. The minimum Gasteiger partial charge on any atom is -0.497 e. The van der Waals surface area contributed by atoms with Gasteiger partial charge in [-0.05, 0) is 43.5 Å². The Morgan fingerprint density at radius 2 is 1.82 bits per heavy atom. The molecule has 0 aliphatic heterocycles. The molecule has 0 radical (unpaired) electrons. The van der Waals surface area contributed by atoms with E-state index < -0.39 is 24.2 Å². The van der Waals surface area contributed by atoms with Crippen molar-refractivity contribution in [3.8, 4) is 22.1 Å². The molecule has 0 saturated heterocycles. The van der Waals surface area contributed by atoms with Crippen LogP contribution in [-0.2, 0) is 6.42 Å². The number of nitrogens with one attached hydrogen (secondary N) is 2. The molecule has 1 saturated carbocycles. The molecule has 39 heavy (non-hydrogen) atoms. The van der Waals surface area contributed by atoms with Crippen LogP contribution in [0.2, 0.25) is 0 Å². The largest absolute Gasteiger partial charge is 0.497 e. The van der Waals surface area contributed by atoms with Gasteiger partial charge in [-0.1, -0.05) is 0 Å². The summed E-state index contributed by atoms with van der Waals surface area (Å²) in [5.74, 6) is 1.93. The summed E-state index contributed by atoms with van der Waals surface area (Å²) in [5, 5.41) is 38.0. The van der Waals surface area contributed by atoms with Crippen LogP contribution in [0, 0.1) is 12.8 Å². The fourth-order valence-electron chi connectivity index (χ4n) is 4.85. The smallest absolute Gasteiger partial charge is 0.224 e. The first-order chi connectivity index (χ1) is 18.9. The summed E-state index contributed by atoms with van der Waals surface area (Å²) < 4.78 is 11.7. The van der Waals surface area contributed by atoms with Crippen molar-refractivity contribution >= 4 is 33.3 Å². The third-order valence-corrected chi connectivity index (χ3v) is 8.01. The highest BCUT2D eigenvalue weighted by Gasteiger charge is 2.41. The highest BCUT2D eigenvalue weighted by Crippen LogP contribution is 2.38. The molecule has 4 unspecified atom stereocenters. The van der Waals surface area contributed by atoms with E-state index in [4.69, 9.17) is 24.4 Å². The summed E-state index contributed by atoms with van der Waals surface area (Å²) in [6.45, 7) is 2.23. The van der Waals surface area contributed by atoms with Crippen LogP contribution in [0.25, 0.3) is 20.8 Å². The Kier molecular flexibility index (Phi) is 8.07. The molecule has 5 rings (SSSR count). The van der Waals surface area contributed by atoms with Crippen LogP contribution in [-0.4, -0.2) is 80.9 Å². The Hall–Kier alpha value is -3.58. The minimum atomic E-state index is -1.05. The number of pyridine rings is 1. The van der Waals surface area contributed by atoms with Crippen LogP contribution >= 0.6 is 11.3 Å². The van der Waals surface area contributed by atoms with E-state index in [0.29, 0.717) is 42.4 Å². The molecular weight excluding hydrogens is 520 g/mol. The van der Waals surface area contributed by atoms with E-state index in [1.807, 2.05) is 31.2 Å². The summed E-state index contributed by atoms with van der Waals surface area (Å²) in [6, 6.07) is 7.15. The van der Waals surface area contributed by atoms with E-state index in [2.05, 4.69) is 15.6 Å². The molecule has 3 aromatic heterocycles. The molecule has 1 fully saturated rings. The predicted molar refractivity (Wildman–Crippen MR) is 150 cm³/mol. The Morgan fingerprint density at radius 3 is 2.49 bits per heavy atom. The lowest BCUT2D eigenvalue weighted by atomic mass is 10.1. The lowest BCUT2D eigenvalue weighted by molar-refractivity contribution is 0.00446. The maximum atomic E-state index is 10.7. The summed E-state index contributed by atoms with van der Waals surface area (Å²) >= 11 is 1.50. The fraction of sp³-hybridized carbons (Fsp3) is 0.407. The van der Waals surface area contributed by atoms with Crippen molar-refractivity contribution in [3.63, 3.8) is 0 Å². The number of aliphatic hydroxyl groups is 3. The molecule has 1 aliphatic carbocycles. The van der Waals surface area contributed by atoms with Gasteiger partial charge < -0.3 is 35.4 Å². The number of aromatic nitrogens is 4. The average Bonchev–Trinajstić information content (AvgIpc) is 3.48. The van der Waals surface area contributed by atoms with Gasteiger partial charge in [0.1, 0.15) is 33.9 Å². The first-order valence-electron chi connectivity index (χ1n) is 12.7. The van der Waals surface area contributed by atoms with E-state index in [0.717, 1.165) is 32.3 Å². The summed E-state index contributed by atoms with van der Waals surface area (Å²) in [4.78, 5) is 18.4. The van der Waals surface area contributed by atoms with Gasteiger partial charge in [0, 0.05) is 31.3 Å². The Labute approximate surface area is 229 Å². The number of hydrogen-bond donors (Lipinski definition) is 5. The zero-order valence-corrected chi connectivity index (χ0v) is 22.8. The van der Waals surface area contributed by atoms with Crippen molar-refractivity contribution in [2.75, 3.05) is 38.0 Å². The maximum Gasteiger partial charge on any atom is 0.224 e. The second-order valence-electron chi connectivity index (χ2n) is 9.53. The van der Waals surface area contributed by atoms with Crippen LogP contribution in [0.4, 0.5) is 11.8 Å². The Bertz CT molecular complexity index is 1390. The highest BCUT2D eigenvalue weighted by atomic mass is 32.1. The molecule has 5 N–H and O–H groups in total. The molecule has 4 aromatic rings. The number of thiazole rings is 1. The lowest BCUT2D eigenvalue weighted by Crippen LogP contribution is -2.35. The van der Waals surface area contributed by atoms with E-state index in [1.165, 1.54) is 11.3 Å². The van der Waals surface area contributed by atoms with Gasteiger partial charge >= 0.3 is 0 Å². The molecule has 11 nitrogen and oxygen atoms in total. The number of aliphatic hydroxyl groups excluding tert-OH is 3. The lowest BCUT2D eigenvalue weighted by Gasteiger charge is -2.21. The normalized spacial score (nSPS) is 20.8. The van der Waals surface area contributed by atoms with Gasteiger partial charge in [0.2, 0.25) is 5.95 Å². The quantitative estimate of drug-likeness (QED) is 0.197. The summed E-state index contributed by atoms with van der Waals surface area (Å²) in [7, 11) is 3.24. The molecule has 0 bridgehead atoms. The third kappa shape index (κ3) is 5.74. The first-order valence-corrected chi connectivity index (χ1v) is 13.5. The topological polar surface area (TPSA) is 155 Å². The number of nitrogens with zero attached hydrogens (tertiary/aromatic N) is 4. The van der Waals surface area contributed by atoms with Gasteiger partial charge in [0.05, 0.1) is 48.5 Å². The molecule has 0 amide bonds. The molecule has 0 spiro atoms. The number of hydrogen-bond acceptors (Lipinski definition) is 12. The predicted octanol–water partition coefficient (Wildman–Crippen LogP) is 2.64. The van der Waals surface area contributed by atoms with Crippen molar-refractivity contribution in [1.82, 2.24) is 19.9 Å². The van der Waals surface area contributed by atoms with Crippen LogP contribution in [0.15, 0.2) is 36.7 Å². The van der Waals surface area contributed by atoms with Crippen LogP contribution in [0.5, 0.6) is 11.5 Å². The second-order valence-corrected chi connectivity index (χ2v) is 10.6. The zero-order valence-electron chi connectivity index (χ0n) is 22.0. The number of ether oxygens (including phenoxy) is 2. The van der Waals surface area contributed by atoms with E-state index in [-0.39, 0.29) is 6.61 Å². The standard InChI is InChI=1S/C27H32N6O5S/c1-14-22(26-32-20-12-28-6-5-21(20)39-26)25(31-19-10-16(13-34)23(35)24(19)36)33-27(30-14)29-7-4-15-8-17(37-2)11-18(9-15)38-3/h5-6,8-9,11-12,16,19,23-24,34-36H,4,7,10,13H2,1-3H3,(H2,29,30,31,33). The Balaban J connectivity index is 1.43. The van der Waals surface area contributed by atoms with Crippen molar-refractivity contribution in [3.05, 3.63) is 47.9 Å². The van der Waals surface area contributed by atoms with Crippen molar-refractivity contribution in [2.45, 2.75) is 38.0 Å². The molecule has 12 heteroatoms. The SMILES string of the molecule is COc1cc(CCNc2nc(C)c(-c3nc4cnccc4s3)c(NC3CC(CO)C(O)C3O)n2)cc(OC)c1. The van der Waals surface area contributed by atoms with Crippen molar-refractivity contribution in [1.29, 1.82) is 0 Å². The van der Waals surface area contributed by atoms with E-state index in [1.54, 1.807) is 26.6 Å². The zero-order chi connectivity index (χ0) is 27.5. The van der Waals surface area contributed by atoms with Gasteiger partial charge in [0.25, 0.3) is 0 Å². The summed E-state index contributed by atoms with van der Waals surface area (Å²) in [5.41, 5.74) is 3.23. The van der Waals surface area contributed by atoms with Gasteiger partial charge in [-0.15, -0.1) is 11.3 Å². The molecule has 1 aliphatic rings. The fourth-order valence-corrected chi connectivity index (χ4v) is 5.88. The molecule has 1 aromatic carbocycles. The average molecular weight is 553 g/mol. The van der Waals surface area contributed by atoms with Gasteiger partial charge in [-0.3, -0.25) is 4.98 Å². The second kappa shape index (κ2) is 11.7. The molecule has 206 valence electrons. The van der Waals surface area contributed by atoms with Gasteiger partial charge in [0.15, 0.2) is 0 Å². The number of benzene rings is 1. The van der Waals surface area contributed by atoms with E-state index in [9.17, 15) is 15.3 Å². The first kappa shape index (κ1) is 27.0. The summed E-state index contributed by atoms with van der Waals surface area (Å²) in [6.07, 6.45) is 2.44. The van der Waals surface area contributed by atoms with Gasteiger partial charge in [-0.25, -0.2) is 9.97 Å². The van der Waals surface area contributed by atoms with Crippen molar-refractivity contribution < 1.29 is 24.8 Å². The molecule has 3 heterocycles. The monoisotopic (exact) mass is 552 g/mol. The number of fused-ring (bicyclic) bond motifs is 1. The number of rotatable bonds is 10. The van der Waals surface area contributed by atoms with Crippen LogP contribution in [0.1, 0.15) is 17.7 Å². The van der Waals surface area contributed by atoms with Crippen molar-refractivity contribution in [2.24, 2.45) is 5.92 Å². The van der Waals surface area contributed by atoms with Crippen LogP contribution < -0.4 is 20.1 Å². The molecule has 4 atom stereocenters. The molecular formula is C27H32N6O5S. The Morgan fingerprint density at radius 1 is 1.05 bits per heavy atom. The number of methoxy groups -OCH3 is 2. The van der Waals surface area contributed by atoms with Gasteiger partial charge in [-0.2, -0.15) is 4.98 Å². The van der Waals surface area contributed by atoms with E-state index >= 15 is 0 Å². The van der Waals surface area contributed by atoms with Crippen LogP contribution in [0.3, 0.4) is 0 Å². The minimum absolute atomic E-state index is 0.210.